The van der Waals surface area contributed by atoms with E-state index < -0.39 is 28.0 Å². The fraction of sp³-hybridized carbons (Fsp3) is 0.556. The molecule has 4 atom stereocenters. The van der Waals surface area contributed by atoms with E-state index >= 15 is 0 Å². The van der Waals surface area contributed by atoms with Crippen molar-refractivity contribution in [2.75, 3.05) is 0 Å². The van der Waals surface area contributed by atoms with Crippen molar-refractivity contribution in [1.82, 2.24) is 5.32 Å². The highest BCUT2D eigenvalue weighted by atomic mass is 35.5. The van der Waals surface area contributed by atoms with Crippen molar-refractivity contribution < 1.29 is 22.7 Å². The zero-order valence-electron chi connectivity index (χ0n) is 15.6. The van der Waals surface area contributed by atoms with Crippen LogP contribution in [0.15, 0.2) is 23.1 Å². The molecule has 0 heterocycles. The predicted molar refractivity (Wildman–Crippen MR) is 102 cm³/mol. The molecule has 2 rings (SSSR count). The van der Waals surface area contributed by atoms with E-state index in [4.69, 9.17) is 21.5 Å². The molecule has 1 aromatic carbocycles. The molecule has 0 radical (unpaired) electrons. The molecule has 0 spiro atoms. The van der Waals surface area contributed by atoms with Gasteiger partial charge < -0.3 is 10.1 Å². The van der Waals surface area contributed by atoms with Crippen LogP contribution in [0.3, 0.4) is 0 Å². The number of ether oxygens (including phenoxy) is 1. The molecule has 1 amide bonds. The maximum atomic E-state index is 12.4. The molecule has 9 heteroatoms. The van der Waals surface area contributed by atoms with Crippen LogP contribution in [-0.4, -0.2) is 32.4 Å². The molecule has 150 valence electrons. The molecule has 27 heavy (non-hydrogen) atoms. The number of halogens is 1. The van der Waals surface area contributed by atoms with Gasteiger partial charge in [-0.1, -0.05) is 38.3 Å². The SMILES string of the molecule is C[C@@H]1[C@H](C)CCC[C@@H]1NC(=O)[C@@H](C)OC(=O)c1cc(S(N)(=O)=O)ccc1Cl. The summed E-state index contributed by atoms with van der Waals surface area (Å²) in [6.45, 7) is 5.72. The van der Waals surface area contributed by atoms with Gasteiger partial charge in [-0.3, -0.25) is 4.79 Å². The van der Waals surface area contributed by atoms with Crippen LogP contribution in [0, 0.1) is 11.8 Å². The summed E-state index contributed by atoms with van der Waals surface area (Å²) in [5.74, 6) is -0.431. The Morgan fingerprint density at radius 2 is 1.96 bits per heavy atom. The van der Waals surface area contributed by atoms with Crippen LogP contribution >= 0.6 is 11.6 Å². The van der Waals surface area contributed by atoms with Crippen LogP contribution in [0.25, 0.3) is 0 Å². The van der Waals surface area contributed by atoms with Crippen LogP contribution in [0.2, 0.25) is 5.02 Å². The van der Waals surface area contributed by atoms with Crippen molar-refractivity contribution in [2.45, 2.75) is 57.1 Å². The summed E-state index contributed by atoms with van der Waals surface area (Å²) >= 11 is 5.96. The molecule has 1 saturated carbocycles. The lowest BCUT2D eigenvalue weighted by Gasteiger charge is -2.35. The standard InChI is InChI=1S/C18H25ClN2O5S/c1-10-5-4-6-16(11(10)2)21-17(22)12(3)26-18(23)14-9-13(27(20,24)25)7-8-15(14)19/h7-12,16H,4-6H2,1-3H3,(H,21,22)(H2,20,24,25)/t10-,11-,12-,16+/m1/s1. The molecule has 0 bridgehead atoms. The number of nitrogens with one attached hydrogen (secondary N) is 1. The number of carbonyl (C=O) groups is 2. The largest absolute Gasteiger partial charge is 0.449 e. The topological polar surface area (TPSA) is 116 Å². The fourth-order valence-electron chi connectivity index (χ4n) is 3.20. The minimum atomic E-state index is -4.00. The second-order valence-corrected chi connectivity index (χ2v) is 9.09. The van der Waals surface area contributed by atoms with Crippen molar-refractivity contribution in [3.8, 4) is 0 Å². The molecular formula is C18H25ClN2O5S. The highest BCUT2D eigenvalue weighted by Gasteiger charge is 2.30. The summed E-state index contributed by atoms with van der Waals surface area (Å²) in [7, 11) is -4.00. The van der Waals surface area contributed by atoms with Gasteiger partial charge in [0, 0.05) is 6.04 Å². The van der Waals surface area contributed by atoms with E-state index in [2.05, 4.69) is 19.2 Å². The van der Waals surface area contributed by atoms with Crippen LogP contribution in [0.4, 0.5) is 0 Å². The molecule has 3 N–H and O–H groups in total. The third-order valence-electron chi connectivity index (χ3n) is 5.17. The van der Waals surface area contributed by atoms with Crippen LogP contribution < -0.4 is 10.5 Å². The normalized spacial score (nSPS) is 24.1. The average molecular weight is 417 g/mol. The van der Waals surface area contributed by atoms with Crippen molar-refractivity contribution in [3.63, 3.8) is 0 Å². The lowest BCUT2D eigenvalue weighted by molar-refractivity contribution is -0.130. The van der Waals surface area contributed by atoms with E-state index in [1.54, 1.807) is 0 Å². The van der Waals surface area contributed by atoms with E-state index in [0.717, 1.165) is 25.3 Å². The van der Waals surface area contributed by atoms with Crippen LogP contribution in [-0.2, 0) is 19.6 Å². The van der Waals surface area contributed by atoms with Gasteiger partial charge in [-0.05, 0) is 43.4 Å². The molecule has 0 aromatic heterocycles. The van der Waals surface area contributed by atoms with E-state index in [9.17, 15) is 18.0 Å². The number of esters is 1. The first-order valence-corrected chi connectivity index (χ1v) is 10.8. The Bertz CT molecular complexity index is 827. The summed E-state index contributed by atoms with van der Waals surface area (Å²) < 4.78 is 28.1. The Kier molecular flexibility index (Phi) is 6.88. The summed E-state index contributed by atoms with van der Waals surface area (Å²) in [4.78, 5) is 24.5. The predicted octanol–water partition coefficient (Wildman–Crippen LogP) is 2.47. The zero-order chi connectivity index (χ0) is 20.4. The Labute approximate surface area is 164 Å². The summed E-state index contributed by atoms with van der Waals surface area (Å²) in [6.07, 6.45) is 2.02. The average Bonchev–Trinajstić information content (AvgIpc) is 2.58. The first-order valence-electron chi connectivity index (χ1n) is 8.84. The van der Waals surface area contributed by atoms with Crippen molar-refractivity contribution in [2.24, 2.45) is 17.0 Å². The van der Waals surface area contributed by atoms with Crippen LogP contribution in [0.5, 0.6) is 0 Å². The number of hydrogen-bond acceptors (Lipinski definition) is 5. The molecule has 1 aliphatic carbocycles. The monoisotopic (exact) mass is 416 g/mol. The Morgan fingerprint density at radius 3 is 2.59 bits per heavy atom. The highest BCUT2D eigenvalue weighted by Crippen LogP contribution is 2.29. The van der Waals surface area contributed by atoms with Crippen molar-refractivity contribution in [3.05, 3.63) is 28.8 Å². The Hall–Kier alpha value is -1.64. The molecule has 7 nitrogen and oxygen atoms in total. The smallest absolute Gasteiger partial charge is 0.340 e. The van der Waals surface area contributed by atoms with Gasteiger partial charge in [0.1, 0.15) is 0 Å². The lowest BCUT2D eigenvalue weighted by Crippen LogP contribution is -2.47. The highest BCUT2D eigenvalue weighted by molar-refractivity contribution is 7.89. The number of rotatable bonds is 5. The second-order valence-electron chi connectivity index (χ2n) is 7.12. The van der Waals surface area contributed by atoms with Gasteiger partial charge in [0.15, 0.2) is 6.10 Å². The fourth-order valence-corrected chi connectivity index (χ4v) is 3.94. The van der Waals surface area contributed by atoms with Gasteiger partial charge in [0.05, 0.1) is 15.5 Å². The minimum Gasteiger partial charge on any atom is -0.449 e. The van der Waals surface area contributed by atoms with Gasteiger partial charge in [0.2, 0.25) is 10.0 Å². The van der Waals surface area contributed by atoms with Gasteiger partial charge in [0.25, 0.3) is 5.91 Å². The number of nitrogens with two attached hydrogens (primary N) is 1. The maximum absolute atomic E-state index is 12.4. The van der Waals surface area contributed by atoms with Gasteiger partial charge in [-0.2, -0.15) is 0 Å². The lowest BCUT2D eigenvalue weighted by atomic mass is 9.78. The first-order chi connectivity index (χ1) is 12.5. The van der Waals surface area contributed by atoms with E-state index in [1.165, 1.54) is 19.1 Å². The summed E-state index contributed by atoms with van der Waals surface area (Å²) in [5.41, 5.74) is -0.164. The van der Waals surface area contributed by atoms with Gasteiger partial charge in [-0.15, -0.1) is 0 Å². The number of hydrogen-bond donors (Lipinski definition) is 2. The summed E-state index contributed by atoms with van der Waals surface area (Å²) in [6, 6.07) is 3.51. The number of benzene rings is 1. The quantitative estimate of drug-likeness (QED) is 0.715. The third-order valence-corrected chi connectivity index (χ3v) is 6.41. The number of primary sulfonamides is 1. The molecule has 0 saturated heterocycles. The molecule has 0 aliphatic heterocycles. The molecule has 1 aromatic rings. The molecule has 0 unspecified atom stereocenters. The number of carbonyl (C=O) groups excluding carboxylic acids is 2. The second kappa shape index (κ2) is 8.58. The zero-order valence-corrected chi connectivity index (χ0v) is 17.1. The maximum Gasteiger partial charge on any atom is 0.340 e. The third kappa shape index (κ3) is 5.43. The summed E-state index contributed by atoms with van der Waals surface area (Å²) in [5, 5.41) is 8.02. The van der Waals surface area contributed by atoms with Gasteiger partial charge >= 0.3 is 5.97 Å². The molecule has 1 fully saturated rings. The number of sulfonamides is 1. The van der Waals surface area contributed by atoms with Crippen molar-refractivity contribution in [1.29, 1.82) is 0 Å². The molecular weight excluding hydrogens is 392 g/mol. The van der Waals surface area contributed by atoms with E-state index in [1.807, 2.05) is 0 Å². The Balaban J connectivity index is 2.06. The number of amides is 1. The Morgan fingerprint density at radius 1 is 1.30 bits per heavy atom. The minimum absolute atomic E-state index is 0.00901. The first kappa shape index (κ1) is 21.7. The van der Waals surface area contributed by atoms with E-state index in [0.29, 0.717) is 11.8 Å². The molecule has 1 aliphatic rings. The van der Waals surface area contributed by atoms with Crippen LogP contribution in [0.1, 0.15) is 50.4 Å². The van der Waals surface area contributed by atoms with Crippen molar-refractivity contribution >= 4 is 33.5 Å². The van der Waals surface area contributed by atoms with Gasteiger partial charge in [-0.25, -0.2) is 18.4 Å². The van der Waals surface area contributed by atoms with E-state index in [-0.39, 0.29) is 21.5 Å².